The van der Waals surface area contributed by atoms with Gasteiger partial charge in [-0.2, -0.15) is 0 Å². The average Bonchev–Trinajstić information content (AvgIpc) is 3.30. The molecule has 2 nitrogen and oxygen atoms in total. The van der Waals surface area contributed by atoms with Crippen molar-refractivity contribution in [3.63, 3.8) is 0 Å². The second-order valence-corrected chi connectivity index (χ2v) is 16.1. The van der Waals surface area contributed by atoms with E-state index in [4.69, 9.17) is 0 Å². The number of fused-ring (bicyclic) bond motifs is 5. The Kier molecular flexibility index (Phi) is 8.20. The molecule has 0 unspecified atom stereocenters. The van der Waals surface area contributed by atoms with Crippen LogP contribution in [-0.2, 0) is 5.41 Å². The molecular formula is C57H42N2. The van der Waals surface area contributed by atoms with E-state index in [1.54, 1.807) is 0 Å². The van der Waals surface area contributed by atoms with Crippen LogP contribution in [0.4, 0.5) is 34.1 Å². The van der Waals surface area contributed by atoms with Crippen LogP contribution >= 0.6 is 0 Å². The lowest BCUT2D eigenvalue weighted by Crippen LogP contribution is -2.32. The summed E-state index contributed by atoms with van der Waals surface area (Å²) in [6.07, 6.45) is 0. The van der Waals surface area contributed by atoms with E-state index in [9.17, 15) is 0 Å². The third-order valence-corrected chi connectivity index (χ3v) is 12.4. The van der Waals surface area contributed by atoms with Crippen LogP contribution in [0.5, 0.6) is 0 Å². The van der Waals surface area contributed by atoms with Crippen molar-refractivity contribution in [3.8, 4) is 22.3 Å². The lowest BCUT2D eigenvalue weighted by molar-refractivity contribution is 0.634. The van der Waals surface area contributed by atoms with Crippen LogP contribution in [0.15, 0.2) is 218 Å². The highest BCUT2D eigenvalue weighted by molar-refractivity contribution is 6.11. The smallest absolute Gasteiger partial charge is 0.0781 e. The standard InChI is InChI=1S/C57H42N2/c1-57(2)50-29-12-13-30-52(50)59(53-32-16-28-49(55(53)57)48-27-14-22-41-19-6-9-24-45(41)48)56-47-26-11-8-21-43(47)35-38-54(56)58(51-31-15-23-42-20-7-10-25-46(42)51)44-36-33-40(34-37-44)39-17-4-3-5-18-39/h3-38H,1-2H3. The molecule has 59 heavy (non-hydrogen) atoms. The number of para-hydroxylation sites is 1. The molecule has 10 aromatic carbocycles. The minimum Gasteiger partial charge on any atom is -0.308 e. The summed E-state index contributed by atoms with van der Waals surface area (Å²) in [7, 11) is 0. The van der Waals surface area contributed by atoms with Gasteiger partial charge in [-0.3, -0.25) is 0 Å². The first-order valence-corrected chi connectivity index (χ1v) is 20.5. The summed E-state index contributed by atoms with van der Waals surface area (Å²) in [6.45, 7) is 4.80. The van der Waals surface area contributed by atoms with Crippen molar-refractivity contribution in [2.45, 2.75) is 19.3 Å². The summed E-state index contributed by atoms with van der Waals surface area (Å²) in [5.74, 6) is 0. The third kappa shape index (κ3) is 5.63. The molecule has 0 spiro atoms. The minimum absolute atomic E-state index is 0.302. The summed E-state index contributed by atoms with van der Waals surface area (Å²) >= 11 is 0. The molecule has 0 bridgehead atoms. The first-order valence-electron chi connectivity index (χ1n) is 20.5. The second kappa shape index (κ2) is 13.9. The van der Waals surface area contributed by atoms with Crippen LogP contribution < -0.4 is 9.80 Å². The van der Waals surface area contributed by atoms with Crippen molar-refractivity contribution in [2.24, 2.45) is 0 Å². The summed E-state index contributed by atoms with van der Waals surface area (Å²) < 4.78 is 0. The maximum absolute atomic E-state index is 2.57. The van der Waals surface area contributed by atoms with Gasteiger partial charge in [-0.15, -0.1) is 0 Å². The van der Waals surface area contributed by atoms with Crippen LogP contribution in [0.2, 0.25) is 0 Å². The highest BCUT2D eigenvalue weighted by Gasteiger charge is 2.40. The lowest BCUT2D eigenvalue weighted by atomic mass is 9.70. The summed E-state index contributed by atoms with van der Waals surface area (Å²) in [4.78, 5) is 5.05. The Hall–Kier alpha value is -7.42. The Bertz CT molecular complexity index is 3190. The second-order valence-electron chi connectivity index (χ2n) is 16.1. The van der Waals surface area contributed by atoms with Crippen molar-refractivity contribution in [3.05, 3.63) is 230 Å². The largest absolute Gasteiger partial charge is 0.308 e. The number of nitrogens with zero attached hydrogens (tertiary/aromatic N) is 2. The van der Waals surface area contributed by atoms with Crippen molar-refractivity contribution < 1.29 is 0 Å². The quantitative estimate of drug-likeness (QED) is 0.167. The maximum Gasteiger partial charge on any atom is 0.0781 e. The third-order valence-electron chi connectivity index (χ3n) is 12.4. The fourth-order valence-electron chi connectivity index (χ4n) is 9.67. The SMILES string of the molecule is CC1(C)c2ccccc2N(c2c(N(c3ccc(-c4ccccc4)cc3)c3cccc4ccccc34)ccc3ccccc23)c2cccc(-c3cccc4ccccc34)c21. The molecule has 2 heteroatoms. The molecule has 0 saturated heterocycles. The highest BCUT2D eigenvalue weighted by atomic mass is 15.2. The van der Waals surface area contributed by atoms with E-state index < -0.39 is 0 Å². The van der Waals surface area contributed by atoms with Gasteiger partial charge in [0.2, 0.25) is 0 Å². The van der Waals surface area contributed by atoms with E-state index in [2.05, 4.69) is 242 Å². The van der Waals surface area contributed by atoms with Crippen molar-refractivity contribution in [1.29, 1.82) is 0 Å². The first kappa shape index (κ1) is 34.8. The zero-order chi connectivity index (χ0) is 39.5. The van der Waals surface area contributed by atoms with E-state index >= 15 is 0 Å². The summed E-state index contributed by atoms with van der Waals surface area (Å²) in [6, 6.07) is 80.1. The molecule has 1 aliphatic heterocycles. The maximum atomic E-state index is 2.57. The van der Waals surface area contributed by atoms with Gasteiger partial charge in [-0.1, -0.05) is 196 Å². The van der Waals surface area contributed by atoms with Crippen LogP contribution in [0, 0.1) is 0 Å². The van der Waals surface area contributed by atoms with Gasteiger partial charge < -0.3 is 9.80 Å². The van der Waals surface area contributed by atoms with Gasteiger partial charge in [-0.25, -0.2) is 0 Å². The van der Waals surface area contributed by atoms with Gasteiger partial charge in [-0.05, 0) is 91.3 Å². The van der Waals surface area contributed by atoms with E-state index in [-0.39, 0.29) is 5.41 Å². The van der Waals surface area contributed by atoms with Crippen LogP contribution in [-0.4, -0.2) is 0 Å². The Morgan fingerprint density at radius 1 is 0.373 bits per heavy atom. The van der Waals surface area contributed by atoms with Gasteiger partial charge in [0.05, 0.1) is 28.4 Å². The van der Waals surface area contributed by atoms with Crippen molar-refractivity contribution in [1.82, 2.24) is 0 Å². The average molecular weight is 755 g/mol. The minimum atomic E-state index is -0.302. The molecule has 1 aliphatic rings. The fourth-order valence-corrected chi connectivity index (χ4v) is 9.67. The Labute approximate surface area is 345 Å². The van der Waals surface area contributed by atoms with Crippen LogP contribution in [0.25, 0.3) is 54.6 Å². The molecule has 0 radical (unpaired) electrons. The molecule has 280 valence electrons. The van der Waals surface area contributed by atoms with E-state index in [0.29, 0.717) is 0 Å². The molecule has 1 heterocycles. The molecule has 10 aromatic rings. The summed E-state index contributed by atoms with van der Waals surface area (Å²) in [5.41, 5.74) is 14.0. The molecule has 0 N–H and O–H groups in total. The monoisotopic (exact) mass is 754 g/mol. The van der Waals surface area contributed by atoms with Gasteiger partial charge in [0, 0.05) is 21.9 Å². The van der Waals surface area contributed by atoms with Crippen molar-refractivity contribution in [2.75, 3.05) is 9.80 Å². The number of benzene rings is 10. The number of rotatable bonds is 6. The molecule has 11 rings (SSSR count). The molecule has 0 aliphatic carbocycles. The zero-order valence-corrected chi connectivity index (χ0v) is 33.2. The van der Waals surface area contributed by atoms with E-state index in [1.807, 2.05) is 0 Å². The Morgan fingerprint density at radius 3 is 1.69 bits per heavy atom. The number of hydrogen-bond donors (Lipinski definition) is 0. The highest BCUT2D eigenvalue weighted by Crippen LogP contribution is 2.58. The predicted octanol–water partition coefficient (Wildman–Crippen LogP) is 16.1. The zero-order valence-electron chi connectivity index (χ0n) is 33.2. The molecular weight excluding hydrogens is 713 g/mol. The molecule has 0 fully saturated rings. The van der Waals surface area contributed by atoms with Gasteiger partial charge in [0.25, 0.3) is 0 Å². The lowest BCUT2D eigenvalue weighted by Gasteiger charge is -2.44. The van der Waals surface area contributed by atoms with Gasteiger partial charge in [0.1, 0.15) is 0 Å². The van der Waals surface area contributed by atoms with Crippen LogP contribution in [0.3, 0.4) is 0 Å². The van der Waals surface area contributed by atoms with E-state index in [1.165, 1.54) is 77.1 Å². The van der Waals surface area contributed by atoms with Crippen LogP contribution in [0.1, 0.15) is 25.0 Å². The fraction of sp³-hybridized carbons (Fsp3) is 0.0526. The summed E-state index contributed by atoms with van der Waals surface area (Å²) in [5, 5.41) is 7.28. The van der Waals surface area contributed by atoms with Gasteiger partial charge >= 0.3 is 0 Å². The first-order chi connectivity index (χ1) is 29.1. The molecule has 0 atom stereocenters. The molecule has 0 amide bonds. The van der Waals surface area contributed by atoms with E-state index in [0.717, 1.165) is 22.7 Å². The Balaban J connectivity index is 1.23. The predicted molar refractivity (Wildman–Crippen MR) is 251 cm³/mol. The van der Waals surface area contributed by atoms with Gasteiger partial charge in [0.15, 0.2) is 0 Å². The number of anilines is 6. The Morgan fingerprint density at radius 2 is 0.915 bits per heavy atom. The molecule has 0 saturated carbocycles. The molecule has 0 aromatic heterocycles. The van der Waals surface area contributed by atoms with Crippen molar-refractivity contribution >= 4 is 66.4 Å². The normalized spacial score (nSPS) is 13.0. The number of hydrogen-bond acceptors (Lipinski definition) is 2. The topological polar surface area (TPSA) is 6.48 Å².